The first-order valence-electron chi connectivity index (χ1n) is 8.70. The summed E-state index contributed by atoms with van der Waals surface area (Å²) in [7, 11) is 0. The number of carbonyl (C=O) groups excluding carboxylic acids is 2. The first-order chi connectivity index (χ1) is 14.5. The molecule has 3 aromatic rings. The predicted octanol–water partition coefficient (Wildman–Crippen LogP) is 2.06. The molecule has 2 amide bonds. The van der Waals surface area contributed by atoms with Gasteiger partial charge in [0.05, 0.1) is 0 Å². The second-order valence-corrected chi connectivity index (χ2v) is 6.36. The summed E-state index contributed by atoms with van der Waals surface area (Å²) >= 11 is 0. The Morgan fingerprint density at radius 2 is 1.71 bits per heavy atom. The SMILES string of the molecule is NC(=O)Cn1cc(C(N)=O)nc(-c2cccc(-c3ccccc3OC(F)(F)F)c2)c1=O. The number of ether oxygens (including phenoxy) is 1. The van der Waals surface area contributed by atoms with Crippen LogP contribution in [-0.2, 0) is 11.3 Å². The summed E-state index contributed by atoms with van der Waals surface area (Å²) in [6.45, 7) is -0.517. The van der Waals surface area contributed by atoms with Crippen molar-refractivity contribution in [1.82, 2.24) is 9.55 Å². The molecule has 4 N–H and O–H groups in total. The summed E-state index contributed by atoms with van der Waals surface area (Å²) in [5.74, 6) is -2.21. The van der Waals surface area contributed by atoms with Gasteiger partial charge in [-0.2, -0.15) is 0 Å². The Hall–Kier alpha value is -4.15. The minimum absolute atomic E-state index is 0.116. The molecule has 0 spiro atoms. The quantitative estimate of drug-likeness (QED) is 0.616. The Morgan fingerprint density at radius 1 is 1.03 bits per heavy atom. The van der Waals surface area contributed by atoms with E-state index in [2.05, 4.69) is 9.72 Å². The molecule has 0 saturated heterocycles. The van der Waals surface area contributed by atoms with E-state index in [0.29, 0.717) is 5.56 Å². The number of para-hydroxylation sites is 1. The van der Waals surface area contributed by atoms with Crippen LogP contribution < -0.4 is 21.8 Å². The number of alkyl halides is 3. The summed E-state index contributed by atoms with van der Waals surface area (Å²) in [6.07, 6.45) is -3.89. The molecule has 0 bridgehead atoms. The van der Waals surface area contributed by atoms with Crippen LogP contribution in [-0.4, -0.2) is 27.7 Å². The van der Waals surface area contributed by atoms with Gasteiger partial charge in [-0.25, -0.2) is 4.98 Å². The average molecular weight is 432 g/mol. The van der Waals surface area contributed by atoms with E-state index in [9.17, 15) is 27.6 Å². The molecule has 0 atom stereocenters. The third kappa shape index (κ3) is 5.07. The zero-order valence-corrected chi connectivity index (χ0v) is 15.7. The topological polar surface area (TPSA) is 130 Å². The Kier molecular flexibility index (Phi) is 5.77. The van der Waals surface area contributed by atoms with Crippen molar-refractivity contribution in [3.63, 3.8) is 0 Å². The number of carbonyl (C=O) groups is 2. The van der Waals surface area contributed by atoms with E-state index in [0.717, 1.165) is 16.8 Å². The van der Waals surface area contributed by atoms with Crippen molar-refractivity contribution in [3.8, 4) is 28.1 Å². The zero-order chi connectivity index (χ0) is 22.8. The van der Waals surface area contributed by atoms with Crippen molar-refractivity contribution in [2.75, 3.05) is 0 Å². The van der Waals surface area contributed by atoms with E-state index in [1.54, 1.807) is 0 Å². The highest BCUT2D eigenvalue weighted by atomic mass is 19.4. The van der Waals surface area contributed by atoms with Gasteiger partial charge in [-0.15, -0.1) is 13.2 Å². The molecule has 0 unspecified atom stereocenters. The third-order valence-corrected chi connectivity index (χ3v) is 4.11. The van der Waals surface area contributed by atoms with Gasteiger partial charge in [0, 0.05) is 17.3 Å². The van der Waals surface area contributed by atoms with Crippen molar-refractivity contribution in [1.29, 1.82) is 0 Å². The first kappa shape index (κ1) is 21.6. The van der Waals surface area contributed by atoms with E-state index in [1.165, 1.54) is 42.5 Å². The van der Waals surface area contributed by atoms with Crippen LogP contribution in [0.2, 0.25) is 0 Å². The lowest BCUT2D eigenvalue weighted by molar-refractivity contribution is -0.274. The van der Waals surface area contributed by atoms with Crippen LogP contribution in [0.1, 0.15) is 10.5 Å². The molecule has 160 valence electrons. The fourth-order valence-corrected chi connectivity index (χ4v) is 2.88. The Morgan fingerprint density at radius 3 is 2.35 bits per heavy atom. The number of primary amides is 2. The number of nitrogens with zero attached hydrogens (tertiary/aromatic N) is 2. The lowest BCUT2D eigenvalue weighted by atomic mass is 10.0. The van der Waals surface area contributed by atoms with Crippen LogP contribution in [0.15, 0.2) is 59.5 Å². The highest BCUT2D eigenvalue weighted by molar-refractivity contribution is 5.91. The fraction of sp³-hybridized carbons (Fsp3) is 0.100. The molecule has 0 radical (unpaired) electrons. The molecule has 11 heteroatoms. The minimum atomic E-state index is -4.90. The largest absolute Gasteiger partial charge is 0.573 e. The van der Waals surface area contributed by atoms with Crippen LogP contribution in [0.5, 0.6) is 5.75 Å². The minimum Gasteiger partial charge on any atom is -0.405 e. The third-order valence-electron chi connectivity index (χ3n) is 4.11. The van der Waals surface area contributed by atoms with Gasteiger partial charge in [0.2, 0.25) is 5.91 Å². The monoisotopic (exact) mass is 432 g/mol. The number of halogens is 3. The van der Waals surface area contributed by atoms with Crippen LogP contribution in [0.4, 0.5) is 13.2 Å². The summed E-state index contributed by atoms with van der Waals surface area (Å²) in [6, 6.07) is 11.4. The van der Waals surface area contributed by atoms with Crippen LogP contribution >= 0.6 is 0 Å². The zero-order valence-electron chi connectivity index (χ0n) is 15.7. The molecular weight excluding hydrogens is 417 g/mol. The van der Waals surface area contributed by atoms with Gasteiger partial charge >= 0.3 is 6.36 Å². The van der Waals surface area contributed by atoms with Gasteiger partial charge in [-0.3, -0.25) is 14.4 Å². The molecule has 31 heavy (non-hydrogen) atoms. The number of benzene rings is 2. The highest BCUT2D eigenvalue weighted by Gasteiger charge is 2.32. The number of aromatic nitrogens is 2. The smallest absolute Gasteiger partial charge is 0.405 e. The molecule has 2 aromatic carbocycles. The van der Waals surface area contributed by atoms with Gasteiger partial charge in [0.15, 0.2) is 0 Å². The number of rotatable bonds is 6. The summed E-state index contributed by atoms with van der Waals surface area (Å²) < 4.78 is 43.2. The second kappa shape index (κ2) is 8.30. The number of hydrogen-bond donors (Lipinski definition) is 2. The first-order valence-corrected chi connectivity index (χ1v) is 8.70. The normalized spacial score (nSPS) is 11.2. The van der Waals surface area contributed by atoms with Crippen LogP contribution in [0, 0.1) is 0 Å². The number of amides is 2. The van der Waals surface area contributed by atoms with Crippen molar-refractivity contribution in [2.24, 2.45) is 11.5 Å². The van der Waals surface area contributed by atoms with E-state index >= 15 is 0 Å². The lowest BCUT2D eigenvalue weighted by Gasteiger charge is -2.14. The molecule has 0 aliphatic heterocycles. The maximum atomic E-state index is 12.7. The lowest BCUT2D eigenvalue weighted by Crippen LogP contribution is -2.31. The van der Waals surface area contributed by atoms with Crippen molar-refractivity contribution >= 4 is 11.8 Å². The Balaban J connectivity index is 2.16. The molecule has 3 rings (SSSR count). The summed E-state index contributed by atoms with van der Waals surface area (Å²) in [5.41, 5.74) is 9.73. The van der Waals surface area contributed by atoms with Gasteiger partial charge < -0.3 is 20.8 Å². The van der Waals surface area contributed by atoms with Gasteiger partial charge in [-0.05, 0) is 17.7 Å². The van der Waals surface area contributed by atoms with Gasteiger partial charge in [0.25, 0.3) is 11.5 Å². The van der Waals surface area contributed by atoms with E-state index in [-0.39, 0.29) is 22.5 Å². The molecule has 8 nitrogen and oxygen atoms in total. The van der Waals surface area contributed by atoms with Crippen LogP contribution in [0.3, 0.4) is 0 Å². The highest BCUT2D eigenvalue weighted by Crippen LogP contribution is 2.34. The van der Waals surface area contributed by atoms with Gasteiger partial charge in [0.1, 0.15) is 23.7 Å². The molecule has 1 heterocycles. The predicted molar refractivity (Wildman–Crippen MR) is 104 cm³/mol. The maximum absolute atomic E-state index is 12.7. The maximum Gasteiger partial charge on any atom is 0.573 e. The fourth-order valence-electron chi connectivity index (χ4n) is 2.88. The van der Waals surface area contributed by atoms with Gasteiger partial charge in [-0.1, -0.05) is 36.4 Å². The molecule has 0 aliphatic carbocycles. The summed E-state index contributed by atoms with van der Waals surface area (Å²) in [4.78, 5) is 39.6. The second-order valence-electron chi connectivity index (χ2n) is 6.36. The van der Waals surface area contributed by atoms with Crippen molar-refractivity contribution in [2.45, 2.75) is 12.9 Å². The van der Waals surface area contributed by atoms with Crippen LogP contribution in [0.25, 0.3) is 22.4 Å². The van der Waals surface area contributed by atoms with Crippen molar-refractivity contribution in [3.05, 3.63) is 70.8 Å². The Bertz CT molecular complexity index is 1220. The molecule has 0 saturated carbocycles. The molecular formula is C20H15F3N4O4. The van der Waals surface area contributed by atoms with Crippen molar-refractivity contribution < 1.29 is 27.5 Å². The average Bonchev–Trinajstić information content (AvgIpc) is 2.68. The molecule has 0 aliphatic rings. The molecule has 1 aromatic heterocycles. The van der Waals surface area contributed by atoms with E-state index in [4.69, 9.17) is 11.5 Å². The summed E-state index contributed by atoms with van der Waals surface area (Å²) in [5, 5.41) is 0. The number of hydrogen-bond acceptors (Lipinski definition) is 5. The Labute approximate surface area is 172 Å². The standard InChI is InChI=1S/C20H15F3N4O4/c21-20(22,23)31-15-7-2-1-6-13(15)11-4-3-5-12(8-11)17-19(30)27(10-16(24)28)9-14(26-17)18(25)29/h1-9H,10H2,(H2,24,28)(H2,25,29). The number of nitrogens with two attached hydrogens (primary N) is 2. The molecule has 0 fully saturated rings. The van der Waals surface area contributed by atoms with E-state index < -0.39 is 36.0 Å². The van der Waals surface area contributed by atoms with E-state index in [1.807, 2.05) is 0 Å².